The number of carbonyl (C=O) groups excluding carboxylic acids is 1. The van der Waals surface area contributed by atoms with Gasteiger partial charge in [0.15, 0.2) is 11.5 Å². The summed E-state index contributed by atoms with van der Waals surface area (Å²) >= 11 is 0. The van der Waals surface area contributed by atoms with Gasteiger partial charge in [-0.1, -0.05) is 6.07 Å². The number of likely N-dealkylation sites (N-methyl/N-ethyl adjacent to an activating group) is 1. The van der Waals surface area contributed by atoms with Crippen molar-refractivity contribution in [2.24, 2.45) is 0 Å². The lowest BCUT2D eigenvalue weighted by atomic mass is 10.1. The van der Waals surface area contributed by atoms with Crippen molar-refractivity contribution in [3.8, 4) is 11.3 Å². The Kier molecular flexibility index (Phi) is 9.52. The average molecular weight is 540 g/mol. The lowest BCUT2D eigenvalue weighted by molar-refractivity contribution is 0.102. The highest BCUT2D eigenvalue weighted by molar-refractivity contribution is 7.89. The lowest BCUT2D eigenvalue weighted by Gasteiger charge is -2.31. The van der Waals surface area contributed by atoms with Crippen LogP contribution in [-0.4, -0.2) is 71.7 Å². The molecule has 1 aromatic carbocycles. The summed E-state index contributed by atoms with van der Waals surface area (Å²) in [7, 11) is -1.62. The maximum Gasteiger partial charge on any atom is 0.278 e. The first-order valence-electron chi connectivity index (χ1n) is 10.4. The van der Waals surface area contributed by atoms with E-state index in [4.69, 9.17) is 5.73 Å². The predicted octanol–water partition coefficient (Wildman–Crippen LogP) is 2.46. The number of hydrogen-bond acceptors (Lipinski definition) is 8. The van der Waals surface area contributed by atoms with Crippen LogP contribution >= 0.6 is 24.8 Å². The van der Waals surface area contributed by atoms with Crippen molar-refractivity contribution in [1.82, 2.24) is 24.2 Å². The topological polar surface area (TPSA) is 134 Å². The van der Waals surface area contributed by atoms with E-state index in [1.54, 1.807) is 43.5 Å². The summed E-state index contributed by atoms with van der Waals surface area (Å²) in [5, 5.41) is 2.69. The summed E-state index contributed by atoms with van der Waals surface area (Å²) in [6, 6.07) is 8.36. The van der Waals surface area contributed by atoms with E-state index in [0.29, 0.717) is 48.7 Å². The van der Waals surface area contributed by atoms with Gasteiger partial charge in [0.2, 0.25) is 10.0 Å². The standard InChI is InChI=1S/C22H25N7O3S.2ClH/c1-15-12-16(5-6-19(15)33(31,32)29-10-8-28(2)9-11-29)18-14-25-21(23)20(27-18)22(30)26-17-4-3-7-24-13-17;;/h3-7,12-14H,8-11H2,1-2H3,(H2,23,25)(H,26,30);2*1H. The smallest absolute Gasteiger partial charge is 0.278 e. The number of nitrogens with one attached hydrogen (secondary N) is 1. The lowest BCUT2D eigenvalue weighted by Crippen LogP contribution is -2.47. The van der Waals surface area contributed by atoms with Gasteiger partial charge >= 0.3 is 0 Å². The molecule has 0 aliphatic carbocycles. The number of nitrogen functional groups attached to an aromatic ring is 1. The fourth-order valence-electron chi connectivity index (χ4n) is 3.60. The molecule has 0 bridgehead atoms. The minimum atomic E-state index is -3.60. The first kappa shape index (κ1) is 28.4. The Morgan fingerprint density at radius 2 is 1.80 bits per heavy atom. The Morgan fingerprint density at radius 1 is 1.09 bits per heavy atom. The maximum absolute atomic E-state index is 13.1. The van der Waals surface area contributed by atoms with E-state index in [1.165, 1.54) is 16.7 Å². The van der Waals surface area contributed by atoms with Crippen LogP contribution in [0.15, 0.2) is 53.8 Å². The summed E-state index contributed by atoms with van der Waals surface area (Å²) in [6.45, 7) is 4.05. The second-order valence-electron chi connectivity index (χ2n) is 7.87. The Hall–Kier alpha value is -2.83. The number of aromatic nitrogens is 3. The van der Waals surface area contributed by atoms with Gasteiger partial charge in [0.1, 0.15) is 0 Å². The molecule has 1 saturated heterocycles. The number of carbonyl (C=O) groups is 1. The van der Waals surface area contributed by atoms with Crippen LogP contribution in [0.2, 0.25) is 0 Å². The number of benzene rings is 1. The summed E-state index contributed by atoms with van der Waals surface area (Å²) in [5.41, 5.74) is 8.00. The maximum atomic E-state index is 13.1. The second kappa shape index (κ2) is 11.7. The molecule has 3 heterocycles. The van der Waals surface area contributed by atoms with E-state index in [2.05, 4.69) is 25.2 Å². The van der Waals surface area contributed by atoms with Crippen molar-refractivity contribution >= 4 is 52.2 Å². The minimum absolute atomic E-state index is 0. The highest BCUT2D eigenvalue weighted by Crippen LogP contribution is 2.27. The van der Waals surface area contributed by atoms with Gasteiger partial charge < -0.3 is 16.0 Å². The molecule has 1 amide bonds. The molecule has 10 nitrogen and oxygen atoms in total. The van der Waals surface area contributed by atoms with Gasteiger partial charge in [-0.15, -0.1) is 24.8 Å². The van der Waals surface area contributed by atoms with Crippen molar-refractivity contribution in [2.45, 2.75) is 11.8 Å². The molecule has 35 heavy (non-hydrogen) atoms. The average Bonchev–Trinajstić information content (AvgIpc) is 2.80. The van der Waals surface area contributed by atoms with E-state index in [1.807, 2.05) is 7.05 Å². The Bertz CT molecular complexity index is 1290. The van der Waals surface area contributed by atoms with Crippen LogP contribution in [0.1, 0.15) is 16.1 Å². The number of piperazine rings is 1. The summed E-state index contributed by atoms with van der Waals surface area (Å²) in [6.07, 6.45) is 4.56. The van der Waals surface area contributed by atoms with E-state index in [-0.39, 0.29) is 41.2 Å². The largest absolute Gasteiger partial charge is 0.382 e. The van der Waals surface area contributed by atoms with Crippen LogP contribution in [0.5, 0.6) is 0 Å². The monoisotopic (exact) mass is 539 g/mol. The minimum Gasteiger partial charge on any atom is -0.382 e. The van der Waals surface area contributed by atoms with Gasteiger partial charge in [-0.2, -0.15) is 4.31 Å². The second-order valence-corrected chi connectivity index (χ2v) is 9.78. The number of nitrogens with two attached hydrogens (primary N) is 1. The number of aryl methyl sites for hydroxylation is 1. The Labute approximate surface area is 216 Å². The number of sulfonamides is 1. The van der Waals surface area contributed by atoms with E-state index in [9.17, 15) is 13.2 Å². The number of halogens is 2. The summed E-state index contributed by atoms with van der Waals surface area (Å²) in [4.78, 5) is 27.5. The molecular weight excluding hydrogens is 513 g/mol. The Balaban J connectivity index is 0.00000216. The molecule has 0 radical (unpaired) electrons. The number of rotatable bonds is 5. The molecular formula is C22H27Cl2N7O3S. The van der Waals surface area contributed by atoms with Crippen molar-refractivity contribution < 1.29 is 13.2 Å². The zero-order valence-corrected chi connectivity index (χ0v) is 21.7. The van der Waals surface area contributed by atoms with Gasteiger partial charge in [0.25, 0.3) is 5.91 Å². The summed E-state index contributed by atoms with van der Waals surface area (Å²) in [5.74, 6) is -0.521. The third kappa shape index (κ3) is 6.24. The number of anilines is 2. The molecule has 3 N–H and O–H groups in total. The van der Waals surface area contributed by atoms with Gasteiger partial charge in [0, 0.05) is 37.9 Å². The molecule has 2 aromatic heterocycles. The molecule has 1 aliphatic heterocycles. The van der Waals surface area contributed by atoms with Crippen LogP contribution in [0.4, 0.5) is 11.5 Å². The van der Waals surface area contributed by atoms with Gasteiger partial charge in [-0.25, -0.2) is 18.4 Å². The first-order chi connectivity index (χ1) is 15.8. The SMILES string of the molecule is Cc1cc(-c2cnc(N)c(C(=O)Nc3cccnc3)n2)ccc1S(=O)(=O)N1CCN(C)CC1.Cl.Cl. The highest BCUT2D eigenvalue weighted by atomic mass is 35.5. The van der Waals surface area contributed by atoms with E-state index in [0.717, 1.165) is 0 Å². The molecule has 1 aliphatic rings. The third-order valence-electron chi connectivity index (χ3n) is 5.49. The fourth-order valence-corrected chi connectivity index (χ4v) is 5.23. The van der Waals surface area contributed by atoms with Crippen LogP contribution < -0.4 is 11.1 Å². The van der Waals surface area contributed by atoms with Crippen molar-refractivity contribution in [3.63, 3.8) is 0 Å². The molecule has 1 fully saturated rings. The molecule has 0 atom stereocenters. The molecule has 188 valence electrons. The molecule has 13 heteroatoms. The molecule has 0 spiro atoms. The number of nitrogens with zero attached hydrogens (tertiary/aromatic N) is 5. The van der Waals surface area contributed by atoms with Crippen LogP contribution in [0, 0.1) is 6.92 Å². The van der Waals surface area contributed by atoms with Gasteiger partial charge in [-0.3, -0.25) is 9.78 Å². The molecule has 0 saturated carbocycles. The van der Waals surface area contributed by atoms with Crippen molar-refractivity contribution in [3.05, 3.63) is 60.2 Å². The normalized spacial score (nSPS) is 14.5. The molecule has 0 unspecified atom stereocenters. The molecule has 4 rings (SSSR count). The number of hydrogen-bond donors (Lipinski definition) is 2. The highest BCUT2D eigenvalue weighted by Gasteiger charge is 2.29. The zero-order valence-electron chi connectivity index (χ0n) is 19.2. The third-order valence-corrected chi connectivity index (χ3v) is 7.54. The van der Waals surface area contributed by atoms with Crippen molar-refractivity contribution in [2.75, 3.05) is 44.3 Å². The van der Waals surface area contributed by atoms with E-state index >= 15 is 0 Å². The Morgan fingerprint density at radius 3 is 2.43 bits per heavy atom. The van der Waals surface area contributed by atoms with Crippen LogP contribution in [0.25, 0.3) is 11.3 Å². The molecule has 3 aromatic rings. The quantitative estimate of drug-likeness (QED) is 0.504. The number of pyridine rings is 1. The predicted molar refractivity (Wildman–Crippen MR) is 140 cm³/mol. The van der Waals surface area contributed by atoms with E-state index < -0.39 is 15.9 Å². The fraction of sp³-hybridized carbons (Fsp3) is 0.273. The van der Waals surface area contributed by atoms with Crippen molar-refractivity contribution in [1.29, 1.82) is 0 Å². The summed E-state index contributed by atoms with van der Waals surface area (Å²) < 4.78 is 27.8. The van der Waals surface area contributed by atoms with Crippen LogP contribution in [0.3, 0.4) is 0 Å². The zero-order chi connectivity index (χ0) is 23.6. The van der Waals surface area contributed by atoms with Gasteiger partial charge in [0.05, 0.1) is 28.7 Å². The number of amides is 1. The van der Waals surface area contributed by atoms with Crippen LogP contribution in [-0.2, 0) is 10.0 Å². The van der Waals surface area contributed by atoms with Gasteiger partial charge in [-0.05, 0) is 43.8 Å². The first-order valence-corrected chi connectivity index (χ1v) is 11.8.